The van der Waals surface area contributed by atoms with Gasteiger partial charge in [-0.15, -0.1) is 0 Å². The van der Waals surface area contributed by atoms with Crippen molar-refractivity contribution in [3.05, 3.63) is 83.3 Å². The largest absolute Gasteiger partial charge is 0.355 e. The number of pyridine rings is 2. The van der Waals surface area contributed by atoms with Crippen LogP contribution in [0.1, 0.15) is 28.2 Å². The molecular formula is C24H25ClN6O3S. The highest BCUT2D eigenvalue weighted by atomic mass is 35.5. The summed E-state index contributed by atoms with van der Waals surface area (Å²) in [6.07, 6.45) is 4.86. The zero-order chi connectivity index (χ0) is 25.0. The molecule has 1 unspecified atom stereocenters. The van der Waals surface area contributed by atoms with E-state index in [-0.39, 0.29) is 24.3 Å². The number of benzene rings is 1. The van der Waals surface area contributed by atoms with Gasteiger partial charge in [-0.2, -0.15) is 0 Å². The Bertz CT molecular complexity index is 1150. The van der Waals surface area contributed by atoms with Crippen LogP contribution < -0.4 is 21.3 Å². The van der Waals surface area contributed by atoms with Crippen molar-refractivity contribution in [2.45, 2.75) is 17.3 Å². The molecule has 0 bridgehead atoms. The number of carbonyl (C=O) groups excluding carboxylic acids is 3. The first kappa shape index (κ1) is 26.1. The summed E-state index contributed by atoms with van der Waals surface area (Å²) in [4.78, 5) is 44.9. The SMILES string of the molecule is CC(=O)NCCNCC(=O)NC(Sc1ncccc1C(=O)Nc1ccc(Cl)cc1)c1ccncc1. The lowest BCUT2D eigenvalue weighted by molar-refractivity contribution is -0.120. The van der Waals surface area contributed by atoms with Gasteiger partial charge in [-0.1, -0.05) is 23.4 Å². The van der Waals surface area contributed by atoms with E-state index in [0.717, 1.165) is 5.56 Å². The quantitative estimate of drug-likeness (QED) is 0.177. The molecule has 4 N–H and O–H groups in total. The van der Waals surface area contributed by atoms with Gasteiger partial charge in [-0.3, -0.25) is 19.4 Å². The summed E-state index contributed by atoms with van der Waals surface area (Å²) in [5, 5.41) is 12.0. The van der Waals surface area contributed by atoms with Gasteiger partial charge in [0, 0.05) is 49.3 Å². The predicted molar refractivity (Wildman–Crippen MR) is 136 cm³/mol. The number of rotatable bonds is 11. The fourth-order valence-corrected chi connectivity index (χ4v) is 4.19. The lowest BCUT2D eigenvalue weighted by atomic mass is 10.2. The fraction of sp³-hybridized carbons (Fsp3) is 0.208. The van der Waals surface area contributed by atoms with Crippen molar-refractivity contribution in [3.8, 4) is 0 Å². The van der Waals surface area contributed by atoms with E-state index in [1.54, 1.807) is 67.1 Å². The maximum absolute atomic E-state index is 13.0. The molecule has 11 heteroatoms. The summed E-state index contributed by atoms with van der Waals surface area (Å²) in [5.74, 6) is -0.704. The van der Waals surface area contributed by atoms with Crippen molar-refractivity contribution < 1.29 is 14.4 Å². The number of halogens is 1. The summed E-state index contributed by atoms with van der Waals surface area (Å²) >= 11 is 7.17. The highest BCUT2D eigenvalue weighted by Crippen LogP contribution is 2.34. The fourth-order valence-electron chi connectivity index (χ4n) is 2.95. The molecule has 0 saturated carbocycles. The summed E-state index contributed by atoms with van der Waals surface area (Å²) in [6.45, 7) is 2.37. The van der Waals surface area contributed by atoms with E-state index in [1.807, 2.05) is 0 Å². The molecule has 3 amide bonds. The first-order chi connectivity index (χ1) is 16.9. The van der Waals surface area contributed by atoms with Crippen LogP contribution in [0, 0.1) is 0 Å². The highest BCUT2D eigenvalue weighted by molar-refractivity contribution is 7.99. The molecule has 35 heavy (non-hydrogen) atoms. The summed E-state index contributed by atoms with van der Waals surface area (Å²) in [7, 11) is 0. The van der Waals surface area contributed by atoms with Crippen LogP contribution >= 0.6 is 23.4 Å². The molecule has 1 atom stereocenters. The molecule has 0 saturated heterocycles. The summed E-state index contributed by atoms with van der Waals surface area (Å²) in [6, 6.07) is 13.7. The lowest BCUT2D eigenvalue weighted by Crippen LogP contribution is -2.38. The van der Waals surface area contributed by atoms with Crippen molar-refractivity contribution in [2.75, 3.05) is 25.0 Å². The Morgan fingerprint density at radius 1 is 1.00 bits per heavy atom. The number of hydrogen-bond donors (Lipinski definition) is 4. The van der Waals surface area contributed by atoms with Gasteiger partial charge >= 0.3 is 0 Å². The van der Waals surface area contributed by atoms with Gasteiger partial charge in [-0.25, -0.2) is 4.98 Å². The second-order valence-corrected chi connectivity index (χ2v) is 8.85. The van der Waals surface area contributed by atoms with Crippen molar-refractivity contribution >= 4 is 46.8 Å². The van der Waals surface area contributed by atoms with Gasteiger partial charge in [0.25, 0.3) is 5.91 Å². The Morgan fingerprint density at radius 2 is 1.74 bits per heavy atom. The third-order valence-corrected chi connectivity index (χ3v) is 6.04. The molecule has 1 aromatic carbocycles. The molecule has 9 nitrogen and oxygen atoms in total. The first-order valence-corrected chi connectivity index (χ1v) is 12.0. The number of amides is 3. The van der Waals surface area contributed by atoms with Crippen molar-refractivity contribution in [1.29, 1.82) is 0 Å². The van der Waals surface area contributed by atoms with Crippen LogP contribution in [0.5, 0.6) is 0 Å². The predicted octanol–water partition coefficient (Wildman–Crippen LogP) is 3.02. The molecule has 0 aliphatic rings. The second kappa shape index (κ2) is 13.4. The van der Waals surface area contributed by atoms with Crippen molar-refractivity contribution in [3.63, 3.8) is 0 Å². The van der Waals surface area contributed by atoms with Crippen LogP contribution in [0.3, 0.4) is 0 Å². The van der Waals surface area contributed by atoms with E-state index in [1.165, 1.54) is 18.7 Å². The van der Waals surface area contributed by atoms with Gasteiger partial charge < -0.3 is 21.3 Å². The Balaban J connectivity index is 1.71. The molecule has 2 heterocycles. The monoisotopic (exact) mass is 512 g/mol. The van der Waals surface area contributed by atoms with Crippen LogP contribution in [-0.2, 0) is 9.59 Å². The number of carbonyl (C=O) groups is 3. The molecule has 2 aromatic heterocycles. The van der Waals surface area contributed by atoms with Gasteiger partial charge in [0.15, 0.2) is 0 Å². The average Bonchev–Trinajstić information content (AvgIpc) is 2.85. The Morgan fingerprint density at radius 3 is 2.46 bits per heavy atom. The van der Waals surface area contributed by atoms with Gasteiger partial charge in [0.2, 0.25) is 11.8 Å². The summed E-state index contributed by atoms with van der Waals surface area (Å²) in [5.41, 5.74) is 1.77. The lowest BCUT2D eigenvalue weighted by Gasteiger charge is -2.20. The molecule has 0 aliphatic heterocycles. The molecule has 182 valence electrons. The van der Waals surface area contributed by atoms with Gasteiger partial charge in [-0.05, 0) is 54.1 Å². The molecular weight excluding hydrogens is 488 g/mol. The average molecular weight is 513 g/mol. The zero-order valence-corrected chi connectivity index (χ0v) is 20.5. The van der Waals surface area contributed by atoms with E-state index in [2.05, 4.69) is 31.2 Å². The van der Waals surface area contributed by atoms with Crippen molar-refractivity contribution in [2.24, 2.45) is 0 Å². The topological polar surface area (TPSA) is 125 Å². The highest BCUT2D eigenvalue weighted by Gasteiger charge is 2.21. The molecule has 0 radical (unpaired) electrons. The Labute approximate surface area is 212 Å². The minimum Gasteiger partial charge on any atom is -0.355 e. The number of aromatic nitrogens is 2. The first-order valence-electron chi connectivity index (χ1n) is 10.8. The standard InChI is InChI=1S/C24H25ClN6O3S/c1-16(32)28-14-13-27-15-21(33)31-23(17-8-11-26-12-9-17)35-24-20(3-2-10-29-24)22(34)30-19-6-4-18(25)5-7-19/h2-12,23,27H,13-15H2,1H3,(H,28,32)(H,30,34)(H,31,33). The summed E-state index contributed by atoms with van der Waals surface area (Å²) < 4.78 is 0. The number of nitrogens with zero attached hydrogens (tertiary/aromatic N) is 2. The van der Waals surface area contributed by atoms with Crippen LogP contribution in [-0.4, -0.2) is 47.3 Å². The smallest absolute Gasteiger partial charge is 0.258 e. The van der Waals surface area contributed by atoms with E-state index in [0.29, 0.717) is 34.4 Å². The number of hydrogen-bond acceptors (Lipinski definition) is 7. The van der Waals surface area contributed by atoms with Gasteiger partial charge in [0.05, 0.1) is 12.1 Å². The molecule has 0 spiro atoms. The zero-order valence-electron chi connectivity index (χ0n) is 19.0. The van der Waals surface area contributed by atoms with Gasteiger partial charge in [0.1, 0.15) is 10.4 Å². The van der Waals surface area contributed by atoms with E-state index < -0.39 is 5.37 Å². The third-order valence-electron chi connectivity index (χ3n) is 4.61. The maximum Gasteiger partial charge on any atom is 0.258 e. The minimum atomic E-state index is -0.514. The van der Waals surface area contributed by atoms with Crippen molar-refractivity contribution in [1.82, 2.24) is 25.9 Å². The Hall–Kier alpha value is -3.47. The number of thioether (sulfide) groups is 1. The minimum absolute atomic E-state index is 0.0633. The number of nitrogens with one attached hydrogen (secondary N) is 4. The van der Waals surface area contributed by atoms with Crippen LogP contribution in [0.25, 0.3) is 0 Å². The molecule has 0 fully saturated rings. The van der Waals surface area contributed by atoms with E-state index in [4.69, 9.17) is 11.6 Å². The second-order valence-electron chi connectivity index (χ2n) is 7.32. The molecule has 3 aromatic rings. The molecule has 3 rings (SSSR count). The normalized spacial score (nSPS) is 11.4. The van der Waals surface area contributed by atoms with Crippen LogP contribution in [0.4, 0.5) is 5.69 Å². The molecule has 0 aliphatic carbocycles. The Kier molecular flexibility index (Phi) is 10.0. The maximum atomic E-state index is 13.0. The van der Waals surface area contributed by atoms with E-state index >= 15 is 0 Å². The third kappa shape index (κ3) is 8.67. The van der Waals surface area contributed by atoms with Crippen LogP contribution in [0.15, 0.2) is 72.1 Å². The van der Waals surface area contributed by atoms with Crippen LogP contribution in [0.2, 0.25) is 5.02 Å². The van der Waals surface area contributed by atoms with E-state index in [9.17, 15) is 14.4 Å². The number of anilines is 1.